The van der Waals surface area contributed by atoms with Crippen LogP contribution in [0, 0.1) is 0 Å². The molecular formula is C17H23NO2S. The van der Waals surface area contributed by atoms with E-state index < -0.39 is 5.72 Å². The van der Waals surface area contributed by atoms with Gasteiger partial charge >= 0.3 is 0 Å². The molecule has 0 bridgehead atoms. The third kappa shape index (κ3) is 3.89. The lowest BCUT2D eigenvalue weighted by molar-refractivity contribution is -0.0298. The summed E-state index contributed by atoms with van der Waals surface area (Å²) >= 11 is 1.32. The third-order valence-corrected chi connectivity index (χ3v) is 4.31. The molecule has 1 aliphatic heterocycles. The van der Waals surface area contributed by atoms with Gasteiger partial charge in [0.2, 0.25) is 0 Å². The van der Waals surface area contributed by atoms with Gasteiger partial charge in [0.1, 0.15) is 5.72 Å². The van der Waals surface area contributed by atoms with Gasteiger partial charge in [-0.05, 0) is 33.3 Å². The number of rotatable bonds is 3. The van der Waals surface area contributed by atoms with Crippen LogP contribution in [0.25, 0.3) is 6.08 Å². The van der Waals surface area contributed by atoms with Gasteiger partial charge in [0.05, 0.1) is 12.1 Å². The zero-order valence-electron chi connectivity index (χ0n) is 13.1. The molecule has 0 spiro atoms. The van der Waals surface area contributed by atoms with Crippen molar-refractivity contribution in [2.45, 2.75) is 39.0 Å². The fraction of sp³-hybridized carbons (Fsp3) is 0.471. The maximum absolute atomic E-state index is 12.5. The summed E-state index contributed by atoms with van der Waals surface area (Å²) in [6, 6.07) is 10.1. The van der Waals surface area contributed by atoms with Crippen molar-refractivity contribution in [1.29, 1.82) is 0 Å². The maximum atomic E-state index is 12.5. The summed E-state index contributed by atoms with van der Waals surface area (Å²) in [6.07, 6.45) is 4.06. The first kappa shape index (κ1) is 16.1. The van der Waals surface area contributed by atoms with E-state index in [-0.39, 0.29) is 10.8 Å². The van der Waals surface area contributed by atoms with Gasteiger partial charge in [-0.3, -0.25) is 9.69 Å². The van der Waals surface area contributed by atoms with Crippen LogP contribution >= 0.6 is 11.8 Å². The monoisotopic (exact) mass is 305 g/mol. The van der Waals surface area contributed by atoms with Crippen molar-refractivity contribution in [3.63, 3.8) is 0 Å². The fourth-order valence-corrected chi connectivity index (χ4v) is 3.54. The molecule has 0 unspecified atom stereocenters. The van der Waals surface area contributed by atoms with Crippen molar-refractivity contribution in [3.8, 4) is 0 Å². The first-order valence-electron chi connectivity index (χ1n) is 7.16. The Morgan fingerprint density at radius 3 is 2.52 bits per heavy atom. The Bertz CT molecular complexity index is 507. The molecule has 1 heterocycles. The van der Waals surface area contributed by atoms with Gasteiger partial charge < -0.3 is 4.74 Å². The molecule has 21 heavy (non-hydrogen) atoms. The molecule has 1 aliphatic rings. The smallest absolute Gasteiger partial charge is 0.284 e. The molecule has 0 saturated carbocycles. The van der Waals surface area contributed by atoms with Crippen LogP contribution in [-0.4, -0.2) is 33.8 Å². The Labute approximate surface area is 131 Å². The topological polar surface area (TPSA) is 29.5 Å². The SMILES string of the molecule is CC1(C)COC(C)(C)N1C(=O)SC/C=C/c1ccccc1. The van der Waals surface area contributed by atoms with Crippen LogP contribution in [0.15, 0.2) is 36.4 Å². The fourth-order valence-electron chi connectivity index (χ4n) is 2.61. The lowest BCUT2D eigenvalue weighted by Crippen LogP contribution is -2.51. The highest BCUT2D eigenvalue weighted by atomic mass is 32.2. The minimum absolute atomic E-state index is 0.0696. The highest BCUT2D eigenvalue weighted by Gasteiger charge is 2.48. The molecular weight excluding hydrogens is 282 g/mol. The Morgan fingerprint density at radius 2 is 1.95 bits per heavy atom. The van der Waals surface area contributed by atoms with E-state index in [2.05, 4.69) is 0 Å². The van der Waals surface area contributed by atoms with Crippen molar-refractivity contribution in [2.75, 3.05) is 12.4 Å². The number of ether oxygens (including phenoxy) is 1. The Kier molecular flexibility index (Phi) is 4.79. The summed E-state index contributed by atoms with van der Waals surface area (Å²) in [4.78, 5) is 14.3. The number of nitrogens with zero attached hydrogens (tertiary/aromatic N) is 1. The second kappa shape index (κ2) is 6.24. The zero-order valence-corrected chi connectivity index (χ0v) is 13.9. The van der Waals surface area contributed by atoms with Gasteiger partial charge in [-0.25, -0.2) is 0 Å². The summed E-state index contributed by atoms with van der Waals surface area (Å²) in [5.41, 5.74) is 0.365. The van der Waals surface area contributed by atoms with Crippen molar-refractivity contribution < 1.29 is 9.53 Å². The van der Waals surface area contributed by atoms with E-state index >= 15 is 0 Å². The number of amides is 1. The van der Waals surface area contributed by atoms with Crippen LogP contribution in [0.2, 0.25) is 0 Å². The summed E-state index contributed by atoms with van der Waals surface area (Å²) in [7, 11) is 0. The average molecular weight is 305 g/mol. The van der Waals surface area contributed by atoms with Gasteiger partial charge in [-0.15, -0.1) is 0 Å². The van der Waals surface area contributed by atoms with Crippen LogP contribution < -0.4 is 0 Å². The minimum atomic E-state index is -0.531. The van der Waals surface area contributed by atoms with E-state index in [1.165, 1.54) is 11.8 Å². The first-order chi connectivity index (χ1) is 9.83. The van der Waals surface area contributed by atoms with Gasteiger partial charge in [-0.1, -0.05) is 54.2 Å². The summed E-state index contributed by atoms with van der Waals surface area (Å²) < 4.78 is 5.74. The Hall–Kier alpha value is -1.26. The minimum Gasteiger partial charge on any atom is -0.354 e. The molecule has 1 aromatic carbocycles. The van der Waals surface area contributed by atoms with Crippen LogP contribution in [0.4, 0.5) is 4.79 Å². The summed E-state index contributed by atoms with van der Waals surface area (Å²) in [5, 5.41) is 0.0696. The van der Waals surface area contributed by atoms with E-state index in [0.29, 0.717) is 12.4 Å². The molecule has 114 valence electrons. The average Bonchev–Trinajstić information content (AvgIpc) is 2.65. The Balaban J connectivity index is 1.91. The second-order valence-electron chi connectivity index (χ2n) is 6.27. The zero-order chi connectivity index (χ0) is 15.5. The molecule has 0 atom stereocenters. The third-order valence-electron chi connectivity index (χ3n) is 3.52. The largest absolute Gasteiger partial charge is 0.354 e. The predicted octanol–water partition coefficient (Wildman–Crippen LogP) is 4.40. The number of carbonyl (C=O) groups is 1. The van der Waals surface area contributed by atoms with Crippen LogP contribution in [-0.2, 0) is 4.74 Å². The van der Waals surface area contributed by atoms with Crippen LogP contribution in [0.5, 0.6) is 0 Å². The first-order valence-corrected chi connectivity index (χ1v) is 8.14. The Morgan fingerprint density at radius 1 is 1.29 bits per heavy atom. The lowest BCUT2D eigenvalue weighted by Gasteiger charge is -2.37. The van der Waals surface area contributed by atoms with Crippen molar-refractivity contribution in [1.82, 2.24) is 4.90 Å². The predicted molar refractivity (Wildman–Crippen MR) is 89.3 cm³/mol. The molecule has 1 amide bonds. The van der Waals surface area contributed by atoms with Crippen LogP contribution in [0.1, 0.15) is 33.3 Å². The molecule has 1 saturated heterocycles. The molecule has 0 N–H and O–H groups in total. The lowest BCUT2D eigenvalue weighted by atomic mass is 10.1. The van der Waals surface area contributed by atoms with Gasteiger partial charge in [0, 0.05) is 5.75 Å². The molecule has 3 nitrogen and oxygen atoms in total. The number of thioether (sulfide) groups is 1. The van der Waals surface area contributed by atoms with E-state index in [1.807, 2.05) is 75.1 Å². The van der Waals surface area contributed by atoms with Gasteiger partial charge in [0.15, 0.2) is 0 Å². The molecule has 0 radical (unpaired) electrons. The normalized spacial score (nSPS) is 20.1. The molecule has 2 rings (SSSR count). The van der Waals surface area contributed by atoms with Gasteiger partial charge in [-0.2, -0.15) is 0 Å². The number of carbonyl (C=O) groups excluding carboxylic acids is 1. The number of hydrogen-bond acceptors (Lipinski definition) is 3. The summed E-state index contributed by atoms with van der Waals surface area (Å²) in [6.45, 7) is 8.55. The molecule has 1 aromatic rings. The summed E-state index contributed by atoms with van der Waals surface area (Å²) in [5.74, 6) is 0.663. The van der Waals surface area contributed by atoms with Crippen molar-refractivity contribution >= 4 is 23.1 Å². The molecule has 0 aromatic heterocycles. The van der Waals surface area contributed by atoms with Gasteiger partial charge in [0.25, 0.3) is 5.24 Å². The quantitative estimate of drug-likeness (QED) is 0.829. The number of benzene rings is 1. The van der Waals surface area contributed by atoms with E-state index in [9.17, 15) is 4.79 Å². The van der Waals surface area contributed by atoms with E-state index in [1.54, 1.807) is 0 Å². The molecule has 4 heteroatoms. The standard InChI is InChI=1S/C17H23NO2S/c1-16(2)13-20-17(3,4)18(16)15(19)21-12-8-11-14-9-6-5-7-10-14/h5-11H,12-13H2,1-4H3/b11-8+. The van der Waals surface area contributed by atoms with E-state index in [0.717, 1.165) is 5.56 Å². The molecule has 1 fully saturated rings. The maximum Gasteiger partial charge on any atom is 0.284 e. The number of hydrogen-bond donors (Lipinski definition) is 0. The van der Waals surface area contributed by atoms with Crippen LogP contribution in [0.3, 0.4) is 0 Å². The second-order valence-corrected chi connectivity index (χ2v) is 7.24. The van der Waals surface area contributed by atoms with Crippen molar-refractivity contribution in [2.24, 2.45) is 0 Å². The highest BCUT2D eigenvalue weighted by Crippen LogP contribution is 2.37. The highest BCUT2D eigenvalue weighted by molar-refractivity contribution is 8.13. The van der Waals surface area contributed by atoms with E-state index in [4.69, 9.17) is 4.74 Å². The molecule has 0 aliphatic carbocycles. The van der Waals surface area contributed by atoms with Crippen molar-refractivity contribution in [3.05, 3.63) is 42.0 Å².